The highest BCUT2D eigenvalue weighted by Crippen LogP contribution is 2.28. The number of piperidine rings is 1. The van der Waals surface area contributed by atoms with Crippen LogP contribution in [0.25, 0.3) is 0 Å². The van der Waals surface area contributed by atoms with E-state index < -0.39 is 0 Å². The van der Waals surface area contributed by atoms with Crippen molar-refractivity contribution in [2.24, 2.45) is 5.92 Å². The molecular formula is C17H25ClN2O2. The van der Waals surface area contributed by atoms with Crippen LogP contribution in [0.3, 0.4) is 0 Å². The minimum absolute atomic E-state index is 0. The van der Waals surface area contributed by atoms with Crippen LogP contribution >= 0.6 is 12.4 Å². The predicted molar refractivity (Wildman–Crippen MR) is 88.7 cm³/mol. The Balaban J connectivity index is 0.00000176. The molecule has 3 aliphatic heterocycles. The monoisotopic (exact) mass is 324 g/mol. The van der Waals surface area contributed by atoms with E-state index in [4.69, 9.17) is 4.74 Å². The molecule has 0 radical (unpaired) electrons. The third-order valence-electron chi connectivity index (χ3n) is 4.59. The number of esters is 1. The van der Waals surface area contributed by atoms with Crippen molar-refractivity contribution in [1.82, 2.24) is 10.0 Å². The van der Waals surface area contributed by atoms with Crippen LogP contribution in [0.1, 0.15) is 37.9 Å². The van der Waals surface area contributed by atoms with Crippen molar-refractivity contribution in [3.05, 3.63) is 35.9 Å². The van der Waals surface area contributed by atoms with Gasteiger partial charge in [-0.3, -0.25) is 4.79 Å². The molecule has 0 N–H and O–H groups in total. The summed E-state index contributed by atoms with van der Waals surface area (Å²) in [4.78, 5) is 11.4. The molecule has 3 fully saturated rings. The van der Waals surface area contributed by atoms with Crippen molar-refractivity contribution in [2.75, 3.05) is 26.2 Å². The van der Waals surface area contributed by atoms with E-state index in [1.165, 1.54) is 39.4 Å². The Kier molecular flexibility index (Phi) is 6.24. The van der Waals surface area contributed by atoms with Crippen molar-refractivity contribution >= 4 is 18.4 Å². The number of nitrogens with zero attached hydrogens (tertiary/aromatic N) is 2. The molecule has 0 aliphatic carbocycles. The van der Waals surface area contributed by atoms with Gasteiger partial charge in [-0.2, -0.15) is 0 Å². The summed E-state index contributed by atoms with van der Waals surface area (Å²) < 4.78 is 5.52. The fourth-order valence-corrected chi connectivity index (χ4v) is 3.46. The van der Waals surface area contributed by atoms with Crippen molar-refractivity contribution in [3.63, 3.8) is 0 Å². The van der Waals surface area contributed by atoms with Crippen LogP contribution in [-0.2, 0) is 9.53 Å². The van der Waals surface area contributed by atoms with Crippen molar-refractivity contribution in [3.8, 4) is 0 Å². The zero-order valence-corrected chi connectivity index (χ0v) is 13.9. The number of fused-ring (bicyclic) bond motifs is 3. The fraction of sp³-hybridized carbons (Fsp3) is 0.588. The molecule has 5 heteroatoms. The SMILES string of the molecule is CC(=O)OC(CCN1CC2CCN1CC2)c1ccccc1.Cl. The lowest BCUT2D eigenvalue weighted by Gasteiger charge is -2.48. The summed E-state index contributed by atoms with van der Waals surface area (Å²) in [7, 11) is 0. The first-order chi connectivity index (χ1) is 10.2. The molecule has 0 aromatic heterocycles. The third kappa shape index (κ3) is 4.22. The van der Waals surface area contributed by atoms with E-state index in [-0.39, 0.29) is 24.5 Å². The highest BCUT2D eigenvalue weighted by molar-refractivity contribution is 5.85. The molecular weight excluding hydrogens is 300 g/mol. The normalized spacial score (nSPS) is 25.3. The molecule has 3 heterocycles. The van der Waals surface area contributed by atoms with Crippen LogP contribution < -0.4 is 0 Å². The van der Waals surface area contributed by atoms with Gasteiger partial charge in [-0.1, -0.05) is 30.3 Å². The average Bonchev–Trinajstić information content (AvgIpc) is 2.53. The molecule has 3 aliphatic rings. The number of rotatable bonds is 5. The van der Waals surface area contributed by atoms with E-state index in [0.717, 1.165) is 24.4 Å². The van der Waals surface area contributed by atoms with Gasteiger partial charge in [0.2, 0.25) is 0 Å². The molecule has 4 rings (SSSR count). The molecule has 2 bridgehead atoms. The molecule has 3 saturated heterocycles. The first kappa shape index (κ1) is 17.3. The van der Waals surface area contributed by atoms with Crippen LogP contribution in [0.4, 0.5) is 0 Å². The Bertz CT molecular complexity index is 475. The molecule has 1 atom stereocenters. The molecule has 1 aromatic rings. The maximum atomic E-state index is 11.4. The fourth-order valence-electron chi connectivity index (χ4n) is 3.46. The highest BCUT2D eigenvalue weighted by atomic mass is 35.5. The van der Waals surface area contributed by atoms with Gasteiger partial charge in [-0.15, -0.1) is 12.4 Å². The van der Waals surface area contributed by atoms with E-state index in [1.807, 2.05) is 30.3 Å². The van der Waals surface area contributed by atoms with Crippen LogP contribution in [0.15, 0.2) is 30.3 Å². The minimum atomic E-state index is -0.204. The number of hydrazine groups is 1. The molecule has 0 spiro atoms. The van der Waals surface area contributed by atoms with Crippen molar-refractivity contribution in [1.29, 1.82) is 0 Å². The minimum Gasteiger partial charge on any atom is -0.458 e. The summed E-state index contributed by atoms with van der Waals surface area (Å²) in [6.07, 6.45) is 3.39. The summed E-state index contributed by atoms with van der Waals surface area (Å²) in [5.41, 5.74) is 1.09. The maximum Gasteiger partial charge on any atom is 0.303 e. The second kappa shape index (κ2) is 7.95. The number of carbonyl (C=O) groups excluding carboxylic acids is 1. The lowest BCUT2D eigenvalue weighted by molar-refractivity contribution is -0.149. The molecule has 4 nitrogen and oxygen atoms in total. The standard InChI is InChI=1S/C17H24N2O2.ClH/c1-14(20)21-17(16-5-3-2-4-6-16)9-12-19-13-15-7-10-18(19)11-8-15;/h2-6,15,17H,7-13H2,1H3;1H. The van der Waals surface area contributed by atoms with Gasteiger partial charge in [0, 0.05) is 39.5 Å². The topological polar surface area (TPSA) is 32.8 Å². The van der Waals surface area contributed by atoms with Gasteiger partial charge in [0.15, 0.2) is 0 Å². The summed E-state index contributed by atoms with van der Waals surface area (Å²) in [6.45, 7) is 6.00. The zero-order valence-electron chi connectivity index (χ0n) is 13.1. The lowest BCUT2D eigenvalue weighted by Crippen LogP contribution is -2.56. The third-order valence-corrected chi connectivity index (χ3v) is 4.59. The lowest BCUT2D eigenvalue weighted by atomic mass is 9.94. The quantitative estimate of drug-likeness (QED) is 0.779. The van der Waals surface area contributed by atoms with Crippen molar-refractivity contribution in [2.45, 2.75) is 32.3 Å². The Morgan fingerprint density at radius 2 is 1.95 bits per heavy atom. The van der Waals surface area contributed by atoms with E-state index >= 15 is 0 Å². The average molecular weight is 325 g/mol. The van der Waals surface area contributed by atoms with Gasteiger partial charge < -0.3 is 4.74 Å². The number of benzene rings is 1. The molecule has 1 aromatic carbocycles. The van der Waals surface area contributed by atoms with Crippen LogP contribution in [0, 0.1) is 5.92 Å². The first-order valence-corrected chi connectivity index (χ1v) is 7.94. The van der Waals surface area contributed by atoms with Gasteiger partial charge in [0.25, 0.3) is 0 Å². The Morgan fingerprint density at radius 1 is 1.27 bits per heavy atom. The van der Waals surface area contributed by atoms with Crippen LogP contribution in [0.5, 0.6) is 0 Å². The van der Waals surface area contributed by atoms with Crippen LogP contribution in [-0.4, -0.2) is 42.2 Å². The van der Waals surface area contributed by atoms with Gasteiger partial charge >= 0.3 is 5.97 Å². The zero-order chi connectivity index (χ0) is 14.7. The van der Waals surface area contributed by atoms with Crippen LogP contribution in [0.2, 0.25) is 0 Å². The van der Waals surface area contributed by atoms with Gasteiger partial charge in [-0.25, -0.2) is 10.0 Å². The second-order valence-corrected chi connectivity index (χ2v) is 6.11. The second-order valence-electron chi connectivity index (χ2n) is 6.11. The largest absolute Gasteiger partial charge is 0.458 e. The van der Waals surface area contributed by atoms with Crippen molar-refractivity contribution < 1.29 is 9.53 Å². The Labute approximate surface area is 138 Å². The highest BCUT2D eigenvalue weighted by Gasteiger charge is 2.32. The van der Waals surface area contributed by atoms with E-state index in [1.54, 1.807) is 0 Å². The molecule has 1 unspecified atom stereocenters. The molecule has 0 amide bonds. The molecule has 0 saturated carbocycles. The Morgan fingerprint density at radius 3 is 2.50 bits per heavy atom. The Hall–Kier alpha value is -1.10. The number of halogens is 1. The first-order valence-electron chi connectivity index (χ1n) is 7.94. The summed E-state index contributed by atoms with van der Waals surface area (Å²) in [5.74, 6) is 0.656. The summed E-state index contributed by atoms with van der Waals surface area (Å²) in [5, 5.41) is 4.92. The number of hydrogen-bond acceptors (Lipinski definition) is 4. The maximum absolute atomic E-state index is 11.4. The van der Waals surface area contributed by atoms with Gasteiger partial charge in [-0.05, 0) is 24.3 Å². The molecule has 22 heavy (non-hydrogen) atoms. The number of ether oxygens (including phenoxy) is 1. The summed E-state index contributed by atoms with van der Waals surface area (Å²) >= 11 is 0. The molecule has 122 valence electrons. The van der Waals surface area contributed by atoms with E-state index in [0.29, 0.717) is 0 Å². The van der Waals surface area contributed by atoms with Gasteiger partial charge in [0.1, 0.15) is 6.10 Å². The predicted octanol–water partition coefficient (Wildman–Crippen LogP) is 3.05. The van der Waals surface area contributed by atoms with Gasteiger partial charge in [0.05, 0.1) is 0 Å². The number of hydrogen-bond donors (Lipinski definition) is 0. The summed E-state index contributed by atoms with van der Waals surface area (Å²) in [6, 6.07) is 10.1. The van der Waals surface area contributed by atoms with E-state index in [9.17, 15) is 4.79 Å². The number of carbonyl (C=O) groups is 1. The smallest absolute Gasteiger partial charge is 0.303 e. The van der Waals surface area contributed by atoms with E-state index in [2.05, 4.69) is 10.0 Å².